The minimum atomic E-state index is -3.34. The molecule has 7 heteroatoms. The molecule has 0 fully saturated rings. The van der Waals surface area contributed by atoms with Crippen LogP contribution < -0.4 is 10.0 Å². The molecule has 0 saturated heterocycles. The van der Waals surface area contributed by atoms with E-state index in [-0.39, 0.29) is 5.75 Å². The van der Waals surface area contributed by atoms with Gasteiger partial charge in [-0.3, -0.25) is 4.72 Å². The average molecular weight is 339 g/mol. The molecule has 0 aliphatic rings. The summed E-state index contributed by atoms with van der Waals surface area (Å²) < 4.78 is 26.3. The Labute approximate surface area is 130 Å². The molecule has 2 N–H and O–H groups in total. The number of unbranched alkanes of at least 4 members (excludes halogenated alkanes) is 1. The third kappa shape index (κ3) is 6.79. The first-order chi connectivity index (χ1) is 9.44. The third-order valence-corrected chi connectivity index (χ3v) is 4.75. The highest BCUT2D eigenvalue weighted by molar-refractivity contribution is 7.92. The summed E-state index contributed by atoms with van der Waals surface area (Å²) in [6.07, 6.45) is 2.53. The van der Waals surface area contributed by atoms with E-state index in [9.17, 15) is 8.42 Å². The molecule has 0 heterocycles. The summed E-state index contributed by atoms with van der Waals surface area (Å²) >= 11 is 11.6. The van der Waals surface area contributed by atoms with Crippen LogP contribution in [0.3, 0.4) is 0 Å². The van der Waals surface area contributed by atoms with E-state index in [0.717, 1.165) is 25.9 Å². The van der Waals surface area contributed by atoms with E-state index >= 15 is 0 Å². The standard InChI is InChI=1S/C13H20Cl2N2O2S/c1-2-7-16-8-3-4-9-20(18,19)17-11-5-6-12(14)13(15)10-11/h5-6,10,16-17H,2-4,7-9H2,1H3. The summed E-state index contributed by atoms with van der Waals surface area (Å²) in [6.45, 7) is 3.91. The van der Waals surface area contributed by atoms with Crippen LogP contribution in [0, 0.1) is 0 Å². The van der Waals surface area contributed by atoms with Gasteiger partial charge in [0.05, 0.1) is 21.5 Å². The van der Waals surface area contributed by atoms with Gasteiger partial charge in [0.1, 0.15) is 0 Å². The first-order valence-electron chi connectivity index (χ1n) is 6.61. The lowest BCUT2D eigenvalue weighted by molar-refractivity contribution is 0.590. The van der Waals surface area contributed by atoms with Gasteiger partial charge in [0.15, 0.2) is 0 Å². The number of sulfonamides is 1. The van der Waals surface area contributed by atoms with Crippen LogP contribution in [0.5, 0.6) is 0 Å². The van der Waals surface area contributed by atoms with E-state index in [1.165, 1.54) is 6.07 Å². The normalized spacial score (nSPS) is 11.6. The predicted octanol–water partition coefficient (Wildman–Crippen LogP) is 3.51. The molecule has 0 aliphatic heterocycles. The Morgan fingerprint density at radius 3 is 2.50 bits per heavy atom. The number of hydrogen-bond acceptors (Lipinski definition) is 3. The van der Waals surface area contributed by atoms with Crippen LogP contribution in [0.15, 0.2) is 18.2 Å². The third-order valence-electron chi connectivity index (χ3n) is 2.64. The lowest BCUT2D eigenvalue weighted by Gasteiger charge is -2.09. The molecule has 0 bridgehead atoms. The van der Waals surface area contributed by atoms with Crippen molar-refractivity contribution in [1.82, 2.24) is 5.32 Å². The second kappa shape index (κ2) is 8.72. The van der Waals surface area contributed by atoms with Gasteiger partial charge >= 0.3 is 0 Å². The van der Waals surface area contributed by atoms with Crippen LogP contribution >= 0.6 is 23.2 Å². The van der Waals surface area contributed by atoms with Crippen molar-refractivity contribution in [3.8, 4) is 0 Å². The van der Waals surface area contributed by atoms with Crippen LogP contribution in [0.1, 0.15) is 26.2 Å². The summed E-state index contributed by atoms with van der Waals surface area (Å²) in [5, 5.41) is 3.97. The van der Waals surface area contributed by atoms with Crippen molar-refractivity contribution in [2.75, 3.05) is 23.6 Å². The Morgan fingerprint density at radius 2 is 1.85 bits per heavy atom. The lowest BCUT2D eigenvalue weighted by atomic mass is 10.3. The van der Waals surface area contributed by atoms with Crippen molar-refractivity contribution >= 4 is 38.9 Å². The molecule has 0 atom stereocenters. The highest BCUT2D eigenvalue weighted by atomic mass is 35.5. The molecule has 1 aromatic rings. The highest BCUT2D eigenvalue weighted by Gasteiger charge is 2.10. The van der Waals surface area contributed by atoms with Gasteiger partial charge in [-0.15, -0.1) is 0 Å². The van der Waals surface area contributed by atoms with E-state index in [1.807, 2.05) is 0 Å². The van der Waals surface area contributed by atoms with Gasteiger partial charge in [-0.25, -0.2) is 8.42 Å². The van der Waals surface area contributed by atoms with Gasteiger partial charge in [0.25, 0.3) is 0 Å². The zero-order valence-corrected chi connectivity index (χ0v) is 13.8. The molecule has 0 aliphatic carbocycles. The van der Waals surface area contributed by atoms with E-state index in [2.05, 4.69) is 17.0 Å². The zero-order chi connectivity index (χ0) is 15.0. The Balaban J connectivity index is 2.39. The van der Waals surface area contributed by atoms with Crippen LogP contribution in [-0.2, 0) is 10.0 Å². The first-order valence-corrected chi connectivity index (χ1v) is 9.01. The minimum absolute atomic E-state index is 0.0983. The van der Waals surface area contributed by atoms with Crippen LogP contribution in [0.2, 0.25) is 10.0 Å². The molecule has 4 nitrogen and oxygen atoms in total. The maximum absolute atomic E-state index is 11.9. The average Bonchev–Trinajstić information content (AvgIpc) is 2.38. The molecule has 1 aromatic carbocycles. The molecular formula is C13H20Cl2N2O2S. The number of anilines is 1. The number of halogens is 2. The van der Waals surface area contributed by atoms with E-state index in [0.29, 0.717) is 22.2 Å². The van der Waals surface area contributed by atoms with Crippen molar-refractivity contribution in [1.29, 1.82) is 0 Å². The molecule has 114 valence electrons. The van der Waals surface area contributed by atoms with Gasteiger partial charge in [-0.05, 0) is 50.6 Å². The Hall–Kier alpha value is -0.490. The quantitative estimate of drug-likeness (QED) is 0.677. The highest BCUT2D eigenvalue weighted by Crippen LogP contribution is 2.25. The minimum Gasteiger partial charge on any atom is -0.317 e. The second-order valence-corrected chi connectivity index (χ2v) is 7.16. The van der Waals surface area contributed by atoms with Crippen molar-refractivity contribution in [3.63, 3.8) is 0 Å². The molecule has 0 saturated carbocycles. The van der Waals surface area contributed by atoms with Gasteiger partial charge < -0.3 is 5.32 Å². The molecular weight excluding hydrogens is 319 g/mol. The molecule has 0 amide bonds. The monoisotopic (exact) mass is 338 g/mol. The lowest BCUT2D eigenvalue weighted by Crippen LogP contribution is -2.19. The predicted molar refractivity (Wildman–Crippen MR) is 86.3 cm³/mol. The summed E-state index contributed by atoms with van der Waals surface area (Å²) in [7, 11) is -3.34. The van der Waals surface area contributed by atoms with Crippen LogP contribution in [0.4, 0.5) is 5.69 Å². The van der Waals surface area contributed by atoms with Gasteiger partial charge in [-0.2, -0.15) is 0 Å². The number of benzene rings is 1. The van der Waals surface area contributed by atoms with E-state index in [4.69, 9.17) is 23.2 Å². The van der Waals surface area contributed by atoms with Crippen LogP contribution in [-0.4, -0.2) is 27.3 Å². The van der Waals surface area contributed by atoms with Crippen molar-refractivity contribution < 1.29 is 8.42 Å². The smallest absolute Gasteiger partial charge is 0.232 e. The fourth-order valence-electron chi connectivity index (χ4n) is 1.63. The van der Waals surface area contributed by atoms with E-state index in [1.54, 1.807) is 12.1 Å². The van der Waals surface area contributed by atoms with Crippen molar-refractivity contribution in [3.05, 3.63) is 28.2 Å². The Morgan fingerprint density at radius 1 is 1.10 bits per heavy atom. The Kier molecular flexibility index (Phi) is 7.66. The summed E-state index contributed by atoms with van der Waals surface area (Å²) in [6, 6.07) is 4.66. The first kappa shape index (κ1) is 17.6. The number of rotatable bonds is 9. The van der Waals surface area contributed by atoms with E-state index < -0.39 is 10.0 Å². The van der Waals surface area contributed by atoms with Gasteiger partial charge in [-0.1, -0.05) is 30.1 Å². The number of hydrogen-bond donors (Lipinski definition) is 2. The summed E-state index contributed by atoms with van der Waals surface area (Å²) in [5.41, 5.74) is 0.434. The molecule has 0 unspecified atom stereocenters. The molecule has 1 rings (SSSR count). The fourth-order valence-corrected chi connectivity index (χ4v) is 3.10. The maximum Gasteiger partial charge on any atom is 0.232 e. The fraction of sp³-hybridized carbons (Fsp3) is 0.538. The molecule has 0 radical (unpaired) electrons. The summed E-state index contributed by atoms with van der Waals surface area (Å²) in [5.74, 6) is 0.0983. The molecule has 0 aromatic heterocycles. The molecule has 20 heavy (non-hydrogen) atoms. The topological polar surface area (TPSA) is 58.2 Å². The molecule has 0 spiro atoms. The summed E-state index contributed by atoms with van der Waals surface area (Å²) in [4.78, 5) is 0. The SMILES string of the molecule is CCCNCCCCS(=O)(=O)Nc1ccc(Cl)c(Cl)c1. The van der Waals surface area contributed by atoms with Crippen molar-refractivity contribution in [2.24, 2.45) is 0 Å². The van der Waals surface area contributed by atoms with Crippen molar-refractivity contribution in [2.45, 2.75) is 26.2 Å². The van der Waals surface area contributed by atoms with Gasteiger partial charge in [0, 0.05) is 0 Å². The van der Waals surface area contributed by atoms with Gasteiger partial charge in [0.2, 0.25) is 10.0 Å². The second-order valence-electron chi connectivity index (χ2n) is 4.51. The maximum atomic E-state index is 11.9. The zero-order valence-electron chi connectivity index (χ0n) is 11.5. The Bertz CT molecular complexity index is 521. The van der Waals surface area contributed by atoms with Crippen LogP contribution in [0.25, 0.3) is 0 Å². The number of nitrogens with one attached hydrogen (secondary N) is 2. The largest absolute Gasteiger partial charge is 0.317 e.